The Morgan fingerprint density at radius 2 is 1.75 bits per heavy atom. The molecule has 0 fully saturated rings. The van der Waals surface area contributed by atoms with E-state index >= 15 is 0 Å². The van der Waals surface area contributed by atoms with Crippen molar-refractivity contribution in [2.45, 2.75) is 6.42 Å². The Morgan fingerprint density at radius 1 is 1.00 bits per heavy atom. The Balaban J connectivity index is 1.46. The molecule has 0 radical (unpaired) electrons. The summed E-state index contributed by atoms with van der Waals surface area (Å²) in [6.07, 6.45) is 2.39. The van der Waals surface area contributed by atoms with E-state index < -0.39 is 0 Å². The lowest BCUT2D eigenvalue weighted by molar-refractivity contribution is 0.0997. The van der Waals surface area contributed by atoms with Crippen LogP contribution in [-0.4, -0.2) is 10.9 Å². The van der Waals surface area contributed by atoms with Crippen LogP contribution in [0.1, 0.15) is 21.0 Å². The predicted octanol–water partition coefficient (Wildman–Crippen LogP) is 6.55. The number of aromatic nitrogens is 1. The summed E-state index contributed by atoms with van der Waals surface area (Å²) in [6, 6.07) is 18.3. The standard InChI is InChI=1S/C21H14Cl2N2O2S/c22-16-7-3-1-5-13(16)11-14-12-24-21(28-14)25-20(26)19-10-9-18(27-19)15-6-2-4-8-17(15)23/h1-10,12H,11H2,(H,24,25,26). The van der Waals surface area contributed by atoms with Crippen LogP contribution in [0.5, 0.6) is 0 Å². The average Bonchev–Trinajstić information content (AvgIpc) is 3.34. The molecule has 2 aromatic heterocycles. The molecule has 28 heavy (non-hydrogen) atoms. The molecule has 0 saturated heterocycles. The highest BCUT2D eigenvalue weighted by atomic mass is 35.5. The number of nitrogens with zero attached hydrogens (tertiary/aromatic N) is 1. The van der Waals surface area contributed by atoms with Crippen LogP contribution in [0.25, 0.3) is 11.3 Å². The second-order valence-electron chi connectivity index (χ2n) is 6.00. The van der Waals surface area contributed by atoms with Gasteiger partial charge in [0.1, 0.15) is 5.76 Å². The molecule has 1 amide bonds. The van der Waals surface area contributed by atoms with Crippen molar-refractivity contribution >= 4 is 45.6 Å². The number of nitrogens with one attached hydrogen (secondary N) is 1. The lowest BCUT2D eigenvalue weighted by Gasteiger charge is -2.01. The summed E-state index contributed by atoms with van der Waals surface area (Å²) in [7, 11) is 0. The third kappa shape index (κ3) is 4.12. The summed E-state index contributed by atoms with van der Waals surface area (Å²) in [6.45, 7) is 0. The first-order chi connectivity index (χ1) is 13.6. The molecule has 0 aliphatic carbocycles. The van der Waals surface area contributed by atoms with Crippen LogP contribution in [0.4, 0.5) is 5.13 Å². The zero-order chi connectivity index (χ0) is 19.5. The van der Waals surface area contributed by atoms with Gasteiger partial charge in [-0.3, -0.25) is 10.1 Å². The fraction of sp³-hybridized carbons (Fsp3) is 0.0476. The van der Waals surface area contributed by atoms with E-state index in [-0.39, 0.29) is 11.7 Å². The van der Waals surface area contributed by atoms with Gasteiger partial charge < -0.3 is 4.42 Å². The average molecular weight is 429 g/mol. The number of carbonyl (C=O) groups excluding carboxylic acids is 1. The van der Waals surface area contributed by atoms with Crippen LogP contribution in [0.3, 0.4) is 0 Å². The Morgan fingerprint density at radius 3 is 2.54 bits per heavy atom. The number of hydrogen-bond donors (Lipinski definition) is 1. The maximum atomic E-state index is 12.5. The highest BCUT2D eigenvalue weighted by molar-refractivity contribution is 7.15. The zero-order valence-electron chi connectivity index (χ0n) is 14.5. The van der Waals surface area contributed by atoms with E-state index in [2.05, 4.69) is 10.3 Å². The van der Waals surface area contributed by atoms with Gasteiger partial charge in [-0.25, -0.2) is 4.98 Å². The van der Waals surface area contributed by atoms with E-state index in [4.69, 9.17) is 27.6 Å². The minimum atomic E-state index is -0.364. The quantitative estimate of drug-likeness (QED) is 0.391. The number of benzene rings is 2. The Bertz CT molecular complexity index is 1140. The molecule has 4 aromatic rings. The van der Waals surface area contributed by atoms with Crippen molar-refractivity contribution in [3.63, 3.8) is 0 Å². The van der Waals surface area contributed by atoms with Gasteiger partial charge in [-0.15, -0.1) is 11.3 Å². The highest BCUT2D eigenvalue weighted by Gasteiger charge is 2.15. The maximum absolute atomic E-state index is 12.5. The first-order valence-corrected chi connectivity index (χ1v) is 10.0. The van der Waals surface area contributed by atoms with Crippen LogP contribution in [0.15, 0.2) is 71.3 Å². The summed E-state index contributed by atoms with van der Waals surface area (Å²) >= 11 is 13.8. The molecule has 0 spiro atoms. The van der Waals surface area contributed by atoms with Crippen LogP contribution in [0, 0.1) is 0 Å². The molecule has 4 nitrogen and oxygen atoms in total. The smallest absolute Gasteiger partial charge is 0.293 e. The van der Waals surface area contributed by atoms with E-state index in [1.807, 2.05) is 42.5 Å². The summed E-state index contributed by atoms with van der Waals surface area (Å²) in [4.78, 5) is 17.7. The van der Waals surface area contributed by atoms with Gasteiger partial charge in [0.25, 0.3) is 5.91 Å². The molecule has 7 heteroatoms. The molecule has 0 saturated carbocycles. The van der Waals surface area contributed by atoms with E-state index in [1.165, 1.54) is 11.3 Å². The fourth-order valence-electron chi connectivity index (χ4n) is 2.70. The van der Waals surface area contributed by atoms with Gasteiger partial charge in [0.05, 0.1) is 5.02 Å². The third-order valence-electron chi connectivity index (χ3n) is 4.07. The number of anilines is 1. The van der Waals surface area contributed by atoms with Crippen molar-refractivity contribution in [2.24, 2.45) is 0 Å². The second-order valence-corrected chi connectivity index (χ2v) is 7.93. The number of halogens is 2. The van der Waals surface area contributed by atoms with Gasteiger partial charge in [-0.2, -0.15) is 0 Å². The monoisotopic (exact) mass is 428 g/mol. The molecule has 140 valence electrons. The Labute approximate surface area is 175 Å². The van der Waals surface area contributed by atoms with Gasteiger partial charge in [0, 0.05) is 28.1 Å². The van der Waals surface area contributed by atoms with Gasteiger partial charge in [0.15, 0.2) is 10.9 Å². The summed E-state index contributed by atoms with van der Waals surface area (Å²) in [5, 5.41) is 4.54. The first kappa shape index (κ1) is 18.7. The predicted molar refractivity (Wildman–Crippen MR) is 113 cm³/mol. The molecular formula is C21H14Cl2N2O2S. The number of thiazole rings is 1. The second kappa shape index (κ2) is 8.19. The minimum Gasteiger partial charge on any atom is -0.451 e. The highest BCUT2D eigenvalue weighted by Crippen LogP contribution is 2.30. The summed E-state index contributed by atoms with van der Waals surface area (Å²) in [5.74, 6) is 0.365. The lowest BCUT2D eigenvalue weighted by atomic mass is 10.1. The zero-order valence-corrected chi connectivity index (χ0v) is 16.8. The molecule has 0 unspecified atom stereocenters. The van der Waals surface area contributed by atoms with E-state index in [0.717, 1.165) is 16.0 Å². The van der Waals surface area contributed by atoms with Gasteiger partial charge in [-0.05, 0) is 35.9 Å². The topological polar surface area (TPSA) is 55.1 Å². The lowest BCUT2D eigenvalue weighted by Crippen LogP contribution is -2.10. The van der Waals surface area contributed by atoms with E-state index in [0.29, 0.717) is 27.4 Å². The van der Waals surface area contributed by atoms with Crippen molar-refractivity contribution in [2.75, 3.05) is 5.32 Å². The number of carbonyl (C=O) groups is 1. The molecule has 0 aliphatic rings. The number of furan rings is 1. The Hall–Kier alpha value is -2.60. The van der Waals surface area contributed by atoms with Gasteiger partial charge in [-0.1, -0.05) is 53.5 Å². The number of rotatable bonds is 5. The molecule has 2 aromatic carbocycles. The number of hydrogen-bond acceptors (Lipinski definition) is 4. The molecule has 0 aliphatic heterocycles. The molecular weight excluding hydrogens is 415 g/mol. The molecule has 4 rings (SSSR count). The van der Waals surface area contributed by atoms with Crippen molar-refractivity contribution in [1.82, 2.24) is 4.98 Å². The summed E-state index contributed by atoms with van der Waals surface area (Å²) in [5.41, 5.74) is 1.75. The third-order valence-corrected chi connectivity index (χ3v) is 5.68. The van der Waals surface area contributed by atoms with Crippen molar-refractivity contribution < 1.29 is 9.21 Å². The van der Waals surface area contributed by atoms with Gasteiger partial charge >= 0.3 is 0 Å². The molecule has 0 bridgehead atoms. The number of amides is 1. The fourth-order valence-corrected chi connectivity index (χ4v) is 3.96. The minimum absolute atomic E-state index is 0.192. The van der Waals surface area contributed by atoms with Crippen molar-refractivity contribution in [3.05, 3.63) is 93.1 Å². The summed E-state index contributed by atoms with van der Waals surface area (Å²) < 4.78 is 5.67. The van der Waals surface area contributed by atoms with Crippen LogP contribution >= 0.6 is 34.5 Å². The normalized spacial score (nSPS) is 10.8. The van der Waals surface area contributed by atoms with Gasteiger partial charge in [0.2, 0.25) is 0 Å². The maximum Gasteiger partial charge on any atom is 0.293 e. The SMILES string of the molecule is O=C(Nc1ncc(Cc2ccccc2Cl)s1)c1ccc(-c2ccccc2Cl)o1. The van der Waals surface area contributed by atoms with Crippen LogP contribution in [-0.2, 0) is 6.42 Å². The largest absolute Gasteiger partial charge is 0.451 e. The van der Waals surface area contributed by atoms with Crippen molar-refractivity contribution in [1.29, 1.82) is 0 Å². The van der Waals surface area contributed by atoms with Crippen LogP contribution in [0.2, 0.25) is 10.0 Å². The first-order valence-electron chi connectivity index (χ1n) is 8.44. The molecule has 1 N–H and O–H groups in total. The Kier molecular flexibility index (Phi) is 5.48. The van der Waals surface area contributed by atoms with Crippen LogP contribution < -0.4 is 5.32 Å². The van der Waals surface area contributed by atoms with E-state index in [1.54, 1.807) is 24.4 Å². The molecule has 0 atom stereocenters. The van der Waals surface area contributed by atoms with Crippen molar-refractivity contribution in [3.8, 4) is 11.3 Å². The van der Waals surface area contributed by atoms with E-state index in [9.17, 15) is 4.79 Å². The molecule has 2 heterocycles.